The molecule has 1 fully saturated rings. The monoisotopic (exact) mass is 655 g/mol. The molecule has 1 saturated heterocycles. The molecule has 0 aromatic heterocycles. The van der Waals surface area contributed by atoms with Gasteiger partial charge in [0.2, 0.25) is 0 Å². The van der Waals surface area contributed by atoms with E-state index >= 15 is 0 Å². The van der Waals surface area contributed by atoms with Crippen LogP contribution in [0.25, 0.3) is 0 Å². The van der Waals surface area contributed by atoms with E-state index in [1.54, 1.807) is 0 Å². The van der Waals surface area contributed by atoms with Crippen molar-refractivity contribution in [3.63, 3.8) is 0 Å². The average molecular weight is 656 g/mol. The summed E-state index contributed by atoms with van der Waals surface area (Å²) in [6.07, 6.45) is 4.43. The van der Waals surface area contributed by atoms with Crippen LogP contribution in [0, 0.1) is 34.1 Å². The van der Waals surface area contributed by atoms with Crippen LogP contribution in [0.2, 0.25) is 0 Å². The summed E-state index contributed by atoms with van der Waals surface area (Å²) < 4.78 is 0. The van der Waals surface area contributed by atoms with Crippen LogP contribution in [0.5, 0.6) is 0 Å². The van der Waals surface area contributed by atoms with Gasteiger partial charge in [0.25, 0.3) is 0 Å². The van der Waals surface area contributed by atoms with Crippen molar-refractivity contribution < 1.29 is 17.1 Å². The molecule has 0 aliphatic carbocycles. The van der Waals surface area contributed by atoms with Gasteiger partial charge in [0.05, 0.1) is 0 Å². The first-order chi connectivity index (χ1) is 20.8. The van der Waals surface area contributed by atoms with Gasteiger partial charge in [-0.1, -0.05) is 109 Å². The number of aryl methyl sites for hydroxylation is 3. The molecule has 2 aliphatic heterocycles. The standard InChI is InChI=1S/C27H37N2.C13H19N2.Cu/c1-18(2)22-11-9-12-23(19(3)4)26(22)28-15-16-29(17-28)27-24(20(5)6)13-10-14-25(27)21(7)8;1-10-7-11(2)13(12(3)8-10)15-6-5-14(4)9-15;/h9-21H,1-8H3;7-9H,5-6H2,1-4H3;/q2*-1;+1. The fourth-order valence-electron chi connectivity index (χ4n) is 6.65. The Kier molecular flexibility index (Phi) is 12.8. The van der Waals surface area contributed by atoms with Crippen LogP contribution in [0.15, 0.2) is 60.9 Å². The summed E-state index contributed by atoms with van der Waals surface area (Å²) in [7, 11) is 2.12. The minimum Gasteiger partial charge on any atom is -0.507 e. The van der Waals surface area contributed by atoms with Gasteiger partial charge in [0, 0.05) is 23.6 Å². The number of para-hydroxylation sites is 2. The van der Waals surface area contributed by atoms with Gasteiger partial charge in [-0.25, -0.2) is 0 Å². The van der Waals surface area contributed by atoms with Crippen LogP contribution < -0.4 is 14.7 Å². The zero-order valence-corrected chi connectivity index (χ0v) is 30.7. The van der Waals surface area contributed by atoms with Crippen molar-refractivity contribution in [2.24, 2.45) is 0 Å². The first kappa shape index (κ1) is 36.7. The van der Waals surface area contributed by atoms with E-state index in [0.717, 1.165) is 13.1 Å². The van der Waals surface area contributed by atoms with Crippen molar-refractivity contribution in [3.05, 3.63) is 113 Å². The summed E-state index contributed by atoms with van der Waals surface area (Å²) in [4.78, 5) is 9.24. The van der Waals surface area contributed by atoms with E-state index < -0.39 is 0 Å². The van der Waals surface area contributed by atoms with Crippen LogP contribution in [0.1, 0.15) is 118 Å². The SMILES string of the molecule is CC(C)c1cccc(C(C)C)c1N1C=CN(c2c(C(C)C)cccc2C(C)C)[CH-]1.Cc1cc(C)c(N2[CH-]N(C)CC2)c(C)c1.[Cu+]. The predicted octanol–water partition coefficient (Wildman–Crippen LogP) is 10.6. The van der Waals surface area contributed by atoms with Gasteiger partial charge in [-0.15, -0.1) is 6.67 Å². The Labute approximate surface area is 286 Å². The van der Waals surface area contributed by atoms with E-state index in [1.807, 2.05) is 0 Å². The van der Waals surface area contributed by atoms with Gasteiger partial charge >= 0.3 is 17.1 Å². The third-order valence-electron chi connectivity index (χ3n) is 8.79. The van der Waals surface area contributed by atoms with E-state index in [9.17, 15) is 0 Å². The Hall–Kier alpha value is -2.72. The minimum absolute atomic E-state index is 0. The number of hydrogen-bond acceptors (Lipinski definition) is 4. The number of hydrogen-bond donors (Lipinski definition) is 0. The Balaban J connectivity index is 0.000000290. The molecule has 0 N–H and O–H groups in total. The molecular formula is C40H56CuN4-. The van der Waals surface area contributed by atoms with Crippen molar-refractivity contribution in [3.8, 4) is 0 Å². The van der Waals surface area contributed by atoms with Gasteiger partial charge in [0.15, 0.2) is 0 Å². The van der Waals surface area contributed by atoms with Crippen molar-refractivity contribution >= 4 is 17.1 Å². The van der Waals surface area contributed by atoms with Crippen molar-refractivity contribution in [1.29, 1.82) is 0 Å². The molecule has 5 rings (SSSR count). The van der Waals surface area contributed by atoms with Gasteiger partial charge in [-0.3, -0.25) is 0 Å². The summed E-state index contributed by atoms with van der Waals surface area (Å²) in [5.74, 6) is 1.92. The molecule has 0 radical (unpaired) electrons. The van der Waals surface area contributed by atoms with Crippen molar-refractivity contribution in [2.45, 2.75) is 99.8 Å². The Morgan fingerprint density at radius 3 is 1.24 bits per heavy atom. The van der Waals surface area contributed by atoms with Crippen LogP contribution in [-0.4, -0.2) is 25.0 Å². The molecule has 0 bridgehead atoms. The molecule has 45 heavy (non-hydrogen) atoms. The summed E-state index contributed by atoms with van der Waals surface area (Å²) in [5.41, 5.74) is 13.8. The molecule has 0 spiro atoms. The molecule has 0 saturated carbocycles. The van der Waals surface area contributed by atoms with Crippen LogP contribution >= 0.6 is 0 Å². The van der Waals surface area contributed by atoms with Gasteiger partial charge in [0.1, 0.15) is 0 Å². The van der Waals surface area contributed by atoms with Gasteiger partial charge in [-0.05, 0) is 104 Å². The summed E-state index contributed by atoms with van der Waals surface area (Å²) in [6.45, 7) is 31.5. The fraction of sp³-hybridized carbons (Fsp3) is 0.450. The third kappa shape index (κ3) is 8.36. The molecule has 248 valence electrons. The second-order valence-electron chi connectivity index (χ2n) is 14.0. The second kappa shape index (κ2) is 15.7. The number of rotatable bonds is 7. The number of likely N-dealkylation sites (N-methyl/N-ethyl adjacent to an activating group) is 1. The largest absolute Gasteiger partial charge is 1.00 e. The average Bonchev–Trinajstić information content (AvgIpc) is 3.61. The third-order valence-corrected chi connectivity index (χ3v) is 8.79. The maximum Gasteiger partial charge on any atom is 1.00 e. The van der Waals surface area contributed by atoms with Crippen LogP contribution in [0.4, 0.5) is 17.1 Å². The number of nitrogens with zero attached hydrogens (tertiary/aromatic N) is 4. The van der Waals surface area contributed by atoms with Gasteiger partial charge < -0.3 is 19.6 Å². The molecule has 0 atom stereocenters. The summed E-state index contributed by atoms with van der Waals surface area (Å²) in [5, 5.41) is 0. The van der Waals surface area contributed by atoms with Crippen molar-refractivity contribution in [1.82, 2.24) is 4.90 Å². The van der Waals surface area contributed by atoms with E-state index in [2.05, 4.69) is 177 Å². The Morgan fingerprint density at radius 2 is 0.933 bits per heavy atom. The zero-order valence-electron chi connectivity index (χ0n) is 29.7. The van der Waals surface area contributed by atoms with Crippen molar-refractivity contribution in [2.75, 3.05) is 34.8 Å². The molecule has 3 aromatic carbocycles. The van der Waals surface area contributed by atoms with Crippen LogP contribution in [0.3, 0.4) is 0 Å². The predicted molar refractivity (Wildman–Crippen MR) is 193 cm³/mol. The van der Waals surface area contributed by atoms with E-state index in [4.69, 9.17) is 0 Å². The molecule has 5 heteroatoms. The summed E-state index contributed by atoms with van der Waals surface area (Å²) >= 11 is 0. The zero-order chi connectivity index (χ0) is 32.3. The number of benzene rings is 3. The topological polar surface area (TPSA) is 13.0 Å². The molecule has 4 nitrogen and oxygen atoms in total. The Morgan fingerprint density at radius 1 is 0.556 bits per heavy atom. The smallest absolute Gasteiger partial charge is 0.507 e. The van der Waals surface area contributed by atoms with E-state index in [-0.39, 0.29) is 17.1 Å². The summed E-state index contributed by atoms with van der Waals surface area (Å²) in [6, 6.07) is 18.0. The van der Waals surface area contributed by atoms with E-state index in [0.29, 0.717) is 23.7 Å². The second-order valence-corrected chi connectivity index (χ2v) is 14.0. The number of anilines is 3. The molecule has 2 heterocycles. The fourth-order valence-corrected chi connectivity index (χ4v) is 6.65. The normalized spacial score (nSPS) is 15.1. The van der Waals surface area contributed by atoms with Crippen LogP contribution in [-0.2, 0) is 17.1 Å². The Bertz CT molecular complexity index is 1310. The molecule has 3 aromatic rings. The van der Waals surface area contributed by atoms with E-state index in [1.165, 1.54) is 56.0 Å². The maximum absolute atomic E-state index is 2.35. The molecular weight excluding hydrogens is 600 g/mol. The van der Waals surface area contributed by atoms with Gasteiger partial charge in [-0.2, -0.15) is 6.67 Å². The first-order valence-corrected chi connectivity index (χ1v) is 16.5. The minimum atomic E-state index is 0. The molecule has 0 unspecified atom stereocenters. The first-order valence-electron chi connectivity index (χ1n) is 16.5. The quantitative estimate of drug-likeness (QED) is 0.185. The molecule has 2 aliphatic rings. The maximum atomic E-state index is 2.35. The molecule has 0 amide bonds.